The van der Waals surface area contributed by atoms with Gasteiger partial charge in [-0.25, -0.2) is 9.67 Å². The molecule has 0 aliphatic carbocycles. The van der Waals surface area contributed by atoms with Crippen molar-refractivity contribution in [3.63, 3.8) is 0 Å². The molecule has 0 saturated carbocycles. The molecule has 27 heavy (non-hydrogen) atoms. The number of amides is 2. The van der Waals surface area contributed by atoms with Gasteiger partial charge in [0.1, 0.15) is 12.7 Å². The van der Waals surface area contributed by atoms with Crippen LogP contribution in [0.5, 0.6) is 0 Å². The number of aromatic nitrogens is 3. The van der Waals surface area contributed by atoms with Crippen LogP contribution in [0.1, 0.15) is 41.6 Å². The normalized spacial score (nSPS) is 17.0. The van der Waals surface area contributed by atoms with Crippen molar-refractivity contribution < 1.29 is 9.59 Å². The maximum absolute atomic E-state index is 13.1. The zero-order valence-electron chi connectivity index (χ0n) is 15.6. The summed E-state index contributed by atoms with van der Waals surface area (Å²) in [5, 5.41) is 7.04. The lowest BCUT2D eigenvalue weighted by atomic mass is 10.00. The predicted molar refractivity (Wildman–Crippen MR) is 101 cm³/mol. The minimum atomic E-state index is -0.0662. The van der Waals surface area contributed by atoms with Crippen LogP contribution in [-0.2, 0) is 4.79 Å². The van der Waals surface area contributed by atoms with Gasteiger partial charge in [-0.15, -0.1) is 0 Å². The zero-order chi connectivity index (χ0) is 19.2. The first kappa shape index (κ1) is 19.0. The third-order valence-electron chi connectivity index (χ3n) is 4.90. The molecule has 8 heteroatoms. The lowest BCUT2D eigenvalue weighted by molar-refractivity contribution is -0.121. The molecule has 2 heterocycles. The Kier molecular flexibility index (Phi) is 6.18. The summed E-state index contributed by atoms with van der Waals surface area (Å²) in [7, 11) is 0. The summed E-state index contributed by atoms with van der Waals surface area (Å²) in [4.78, 5) is 30.7. The largest absolute Gasteiger partial charge is 0.354 e. The first-order chi connectivity index (χ1) is 13.1. The quantitative estimate of drug-likeness (QED) is 0.790. The van der Waals surface area contributed by atoms with Crippen LogP contribution in [0, 0.1) is 6.92 Å². The molecule has 1 aromatic heterocycles. The summed E-state index contributed by atoms with van der Waals surface area (Å²) in [6.07, 6.45) is 6.36. The fourth-order valence-electron chi connectivity index (χ4n) is 3.48. The van der Waals surface area contributed by atoms with E-state index in [1.165, 1.54) is 6.33 Å². The number of piperidine rings is 1. The average molecular weight is 370 g/mol. The molecule has 1 aliphatic heterocycles. The summed E-state index contributed by atoms with van der Waals surface area (Å²) >= 11 is 0. The minimum Gasteiger partial charge on any atom is -0.354 e. The van der Waals surface area contributed by atoms with E-state index in [1.807, 2.05) is 30.0 Å². The topological polar surface area (TPSA) is 106 Å². The highest BCUT2D eigenvalue weighted by Gasteiger charge is 2.28. The van der Waals surface area contributed by atoms with Crippen LogP contribution in [0.2, 0.25) is 0 Å². The second-order valence-corrected chi connectivity index (χ2v) is 6.83. The molecule has 1 atom stereocenters. The number of rotatable bonds is 6. The highest BCUT2D eigenvalue weighted by Crippen LogP contribution is 2.21. The van der Waals surface area contributed by atoms with Crippen molar-refractivity contribution in [3.8, 4) is 5.69 Å². The molecule has 1 fully saturated rings. The van der Waals surface area contributed by atoms with Crippen LogP contribution in [0.25, 0.3) is 5.69 Å². The summed E-state index contributed by atoms with van der Waals surface area (Å²) in [5.41, 5.74) is 7.92. The van der Waals surface area contributed by atoms with E-state index in [-0.39, 0.29) is 17.9 Å². The Morgan fingerprint density at radius 3 is 2.89 bits per heavy atom. The van der Waals surface area contributed by atoms with Gasteiger partial charge < -0.3 is 16.0 Å². The van der Waals surface area contributed by atoms with Gasteiger partial charge in [0.15, 0.2) is 0 Å². The molecule has 144 valence electrons. The van der Waals surface area contributed by atoms with Crippen LogP contribution in [-0.4, -0.2) is 57.2 Å². The van der Waals surface area contributed by atoms with Crippen LogP contribution >= 0.6 is 0 Å². The Labute approximate surface area is 158 Å². The Hall–Kier alpha value is -2.74. The monoisotopic (exact) mass is 370 g/mol. The van der Waals surface area contributed by atoms with Gasteiger partial charge in [-0.05, 0) is 49.9 Å². The highest BCUT2D eigenvalue weighted by molar-refractivity contribution is 5.95. The smallest absolute Gasteiger partial charge is 0.254 e. The lowest BCUT2D eigenvalue weighted by Gasteiger charge is -2.36. The van der Waals surface area contributed by atoms with E-state index in [4.69, 9.17) is 5.73 Å². The number of nitrogens with one attached hydrogen (secondary N) is 1. The molecule has 3 N–H and O–H groups in total. The molecular weight excluding hydrogens is 344 g/mol. The molecule has 2 amide bonds. The Morgan fingerprint density at radius 1 is 1.33 bits per heavy atom. The molecule has 1 aromatic carbocycles. The number of aryl methyl sites for hydroxylation is 1. The van der Waals surface area contributed by atoms with E-state index in [2.05, 4.69) is 15.4 Å². The molecule has 1 aliphatic rings. The molecule has 0 spiro atoms. The summed E-state index contributed by atoms with van der Waals surface area (Å²) < 4.78 is 1.68. The van der Waals surface area contributed by atoms with E-state index in [9.17, 15) is 9.59 Å². The maximum atomic E-state index is 13.1. The second kappa shape index (κ2) is 8.77. The third-order valence-corrected chi connectivity index (χ3v) is 4.90. The Balaban J connectivity index is 1.72. The van der Waals surface area contributed by atoms with Gasteiger partial charge in [-0.2, -0.15) is 5.10 Å². The van der Waals surface area contributed by atoms with Crippen molar-refractivity contribution in [2.75, 3.05) is 19.6 Å². The number of likely N-dealkylation sites (tertiary alicyclic amines) is 1. The van der Waals surface area contributed by atoms with Crippen LogP contribution in [0.15, 0.2) is 30.9 Å². The van der Waals surface area contributed by atoms with E-state index in [1.54, 1.807) is 11.0 Å². The van der Waals surface area contributed by atoms with Crippen LogP contribution in [0.3, 0.4) is 0 Å². The molecular formula is C19H26N6O2. The number of carbonyl (C=O) groups excluding carboxylic acids is 2. The van der Waals surface area contributed by atoms with Crippen molar-refractivity contribution in [1.82, 2.24) is 25.0 Å². The first-order valence-corrected chi connectivity index (χ1v) is 9.33. The standard InChI is InChI=1S/C19H26N6O2/c1-14-10-15(5-6-17(14)25-13-21-12-23-25)19(27)24-9-3-2-4-16(24)11-22-18(26)7-8-20/h5-6,10,12-13,16H,2-4,7-9,11,20H2,1H3,(H,22,26). The van der Waals surface area contributed by atoms with E-state index < -0.39 is 0 Å². The maximum Gasteiger partial charge on any atom is 0.254 e. The van der Waals surface area contributed by atoms with Crippen molar-refractivity contribution >= 4 is 11.8 Å². The van der Waals surface area contributed by atoms with E-state index in [0.29, 0.717) is 31.6 Å². The molecule has 8 nitrogen and oxygen atoms in total. The molecule has 1 unspecified atom stereocenters. The minimum absolute atomic E-state index is 0.000939. The summed E-state index contributed by atoms with van der Waals surface area (Å²) in [5.74, 6) is -0.0653. The number of nitrogens with zero attached hydrogens (tertiary/aromatic N) is 4. The number of hydrogen-bond acceptors (Lipinski definition) is 5. The first-order valence-electron chi connectivity index (χ1n) is 9.33. The lowest BCUT2D eigenvalue weighted by Crippen LogP contribution is -2.49. The van der Waals surface area contributed by atoms with Crippen molar-refractivity contribution in [2.24, 2.45) is 5.73 Å². The third kappa shape index (κ3) is 4.51. The van der Waals surface area contributed by atoms with Gasteiger partial charge >= 0.3 is 0 Å². The molecule has 2 aromatic rings. The Morgan fingerprint density at radius 2 is 2.19 bits per heavy atom. The number of benzene rings is 1. The molecule has 0 bridgehead atoms. The van der Waals surface area contributed by atoms with Gasteiger partial charge in [-0.3, -0.25) is 9.59 Å². The van der Waals surface area contributed by atoms with E-state index in [0.717, 1.165) is 30.5 Å². The average Bonchev–Trinajstić information content (AvgIpc) is 3.20. The van der Waals surface area contributed by atoms with Gasteiger partial charge in [0.2, 0.25) is 5.91 Å². The van der Waals surface area contributed by atoms with Crippen molar-refractivity contribution in [3.05, 3.63) is 42.0 Å². The Bertz CT molecular complexity index is 790. The fraction of sp³-hybridized carbons (Fsp3) is 0.474. The summed E-state index contributed by atoms with van der Waals surface area (Å²) in [6.45, 7) is 3.46. The summed E-state index contributed by atoms with van der Waals surface area (Å²) in [6, 6.07) is 5.62. The van der Waals surface area contributed by atoms with Crippen LogP contribution < -0.4 is 11.1 Å². The number of carbonyl (C=O) groups is 2. The van der Waals surface area contributed by atoms with Crippen molar-refractivity contribution in [2.45, 2.75) is 38.6 Å². The van der Waals surface area contributed by atoms with Crippen LogP contribution in [0.4, 0.5) is 0 Å². The highest BCUT2D eigenvalue weighted by atomic mass is 16.2. The van der Waals surface area contributed by atoms with Gasteiger partial charge in [0.25, 0.3) is 5.91 Å². The van der Waals surface area contributed by atoms with Gasteiger partial charge in [0.05, 0.1) is 5.69 Å². The van der Waals surface area contributed by atoms with Gasteiger partial charge in [0, 0.05) is 37.7 Å². The zero-order valence-corrected chi connectivity index (χ0v) is 15.6. The number of nitrogens with two attached hydrogens (primary N) is 1. The predicted octanol–water partition coefficient (Wildman–Crippen LogP) is 1.04. The molecule has 0 radical (unpaired) electrons. The molecule has 3 rings (SSSR count). The van der Waals surface area contributed by atoms with Crippen molar-refractivity contribution in [1.29, 1.82) is 0 Å². The fourth-order valence-corrected chi connectivity index (χ4v) is 3.48. The number of hydrogen-bond donors (Lipinski definition) is 2. The second-order valence-electron chi connectivity index (χ2n) is 6.83. The van der Waals surface area contributed by atoms with Gasteiger partial charge in [-0.1, -0.05) is 0 Å². The van der Waals surface area contributed by atoms with E-state index >= 15 is 0 Å². The molecule has 1 saturated heterocycles. The SMILES string of the molecule is Cc1cc(C(=O)N2CCCCC2CNC(=O)CCN)ccc1-n1cncn1.